The van der Waals surface area contributed by atoms with Gasteiger partial charge in [0, 0.05) is 6.54 Å². The van der Waals surface area contributed by atoms with Crippen LogP contribution in [-0.4, -0.2) is 28.8 Å². The number of carbonyl (C=O) groups excluding carboxylic acids is 1. The van der Waals surface area contributed by atoms with Crippen molar-refractivity contribution in [2.24, 2.45) is 0 Å². The van der Waals surface area contributed by atoms with Crippen LogP contribution < -0.4 is 0 Å². The summed E-state index contributed by atoms with van der Waals surface area (Å²) in [5, 5.41) is 0. The number of thiocarbonyl (C=S) groups is 1. The first-order chi connectivity index (χ1) is 5.07. The van der Waals surface area contributed by atoms with Crippen molar-refractivity contribution in [3.8, 4) is 0 Å². The van der Waals surface area contributed by atoms with Crippen molar-refractivity contribution in [1.82, 2.24) is 4.90 Å². The molecular formula is C8H15NOS. The van der Waals surface area contributed by atoms with E-state index >= 15 is 0 Å². The second-order valence-electron chi connectivity index (χ2n) is 2.64. The topological polar surface area (TPSA) is 20.3 Å². The van der Waals surface area contributed by atoms with E-state index in [0.717, 1.165) is 18.0 Å². The van der Waals surface area contributed by atoms with Gasteiger partial charge in [-0.3, -0.25) is 4.79 Å². The molecule has 0 aliphatic heterocycles. The summed E-state index contributed by atoms with van der Waals surface area (Å²) < 4.78 is 0. The maximum absolute atomic E-state index is 10.7. The normalized spacial score (nSPS) is 9.36. The van der Waals surface area contributed by atoms with Gasteiger partial charge in [-0.1, -0.05) is 19.1 Å². The lowest BCUT2D eigenvalue weighted by molar-refractivity contribution is -0.117. The highest BCUT2D eigenvalue weighted by Crippen LogP contribution is 1.94. The summed E-state index contributed by atoms with van der Waals surface area (Å²) in [6.07, 6.45) is 1.03. The second kappa shape index (κ2) is 5.24. The predicted molar refractivity (Wildman–Crippen MR) is 50.8 cm³/mol. The van der Waals surface area contributed by atoms with Gasteiger partial charge in [0.05, 0.1) is 11.5 Å². The number of Topliss-reactive ketones (excluding diaryl/α,β-unsaturated/α-hetero) is 1. The molecule has 0 rings (SSSR count). The summed E-state index contributed by atoms with van der Waals surface area (Å²) >= 11 is 4.97. The van der Waals surface area contributed by atoms with Gasteiger partial charge < -0.3 is 4.90 Å². The molecule has 0 fully saturated rings. The van der Waals surface area contributed by atoms with Crippen LogP contribution in [0, 0.1) is 0 Å². The van der Waals surface area contributed by atoms with E-state index in [2.05, 4.69) is 6.92 Å². The summed E-state index contributed by atoms with van der Waals surface area (Å²) in [5.74, 6) is 0.169. The van der Waals surface area contributed by atoms with Crippen molar-refractivity contribution >= 4 is 23.0 Å². The highest BCUT2D eigenvalue weighted by Gasteiger charge is 2.05. The number of hydrogen-bond acceptors (Lipinski definition) is 2. The third kappa shape index (κ3) is 4.90. The molecule has 0 heterocycles. The fourth-order valence-corrected chi connectivity index (χ4v) is 1.04. The van der Waals surface area contributed by atoms with E-state index in [1.54, 1.807) is 6.92 Å². The maximum atomic E-state index is 10.7. The first kappa shape index (κ1) is 10.6. The quantitative estimate of drug-likeness (QED) is 0.603. The fraction of sp³-hybridized carbons (Fsp3) is 0.750. The van der Waals surface area contributed by atoms with Crippen molar-refractivity contribution in [2.75, 3.05) is 13.1 Å². The van der Waals surface area contributed by atoms with E-state index in [1.165, 1.54) is 0 Å². The van der Waals surface area contributed by atoms with Gasteiger partial charge >= 0.3 is 0 Å². The molecule has 0 spiro atoms. The van der Waals surface area contributed by atoms with E-state index in [0.29, 0.717) is 6.54 Å². The first-order valence-electron chi connectivity index (χ1n) is 3.82. The smallest absolute Gasteiger partial charge is 0.149 e. The van der Waals surface area contributed by atoms with Crippen molar-refractivity contribution in [3.63, 3.8) is 0 Å². The number of hydrogen-bond donors (Lipinski definition) is 0. The third-order valence-electron chi connectivity index (χ3n) is 1.35. The minimum atomic E-state index is 0.169. The van der Waals surface area contributed by atoms with Gasteiger partial charge in [-0.2, -0.15) is 0 Å². The molecule has 0 amide bonds. The van der Waals surface area contributed by atoms with E-state index in [-0.39, 0.29) is 5.78 Å². The van der Waals surface area contributed by atoms with Crippen LogP contribution >= 0.6 is 12.2 Å². The highest BCUT2D eigenvalue weighted by atomic mass is 32.1. The Hall–Kier alpha value is -0.440. The highest BCUT2D eigenvalue weighted by molar-refractivity contribution is 7.80. The molecule has 0 aromatic heterocycles. The lowest BCUT2D eigenvalue weighted by Crippen LogP contribution is -2.32. The van der Waals surface area contributed by atoms with E-state index in [4.69, 9.17) is 12.2 Å². The Morgan fingerprint density at radius 3 is 2.27 bits per heavy atom. The monoisotopic (exact) mass is 173 g/mol. The van der Waals surface area contributed by atoms with Crippen LogP contribution in [0.15, 0.2) is 0 Å². The first-order valence-corrected chi connectivity index (χ1v) is 4.23. The van der Waals surface area contributed by atoms with E-state index in [9.17, 15) is 4.79 Å². The Labute approximate surface area is 73.6 Å². The summed E-state index contributed by atoms with van der Waals surface area (Å²) in [5.41, 5.74) is 0. The number of rotatable bonds is 4. The Balaban J connectivity index is 3.89. The van der Waals surface area contributed by atoms with Crippen LogP contribution in [0.4, 0.5) is 0 Å². The minimum Gasteiger partial charge on any atom is -0.359 e. The molecule has 0 bridgehead atoms. The molecule has 0 atom stereocenters. The van der Waals surface area contributed by atoms with Crippen molar-refractivity contribution in [1.29, 1.82) is 0 Å². The Kier molecular flexibility index (Phi) is 5.03. The zero-order chi connectivity index (χ0) is 8.85. The van der Waals surface area contributed by atoms with Gasteiger partial charge in [-0.15, -0.1) is 0 Å². The van der Waals surface area contributed by atoms with Gasteiger partial charge in [-0.25, -0.2) is 0 Å². The van der Waals surface area contributed by atoms with Gasteiger partial charge in [-0.05, 0) is 20.3 Å². The Bertz CT molecular complexity index is 156. The molecule has 0 N–H and O–H groups in total. The summed E-state index contributed by atoms with van der Waals surface area (Å²) in [6.45, 7) is 6.86. The average Bonchev–Trinajstić information content (AvgIpc) is 1.86. The fourth-order valence-electron chi connectivity index (χ4n) is 0.887. The van der Waals surface area contributed by atoms with Crippen LogP contribution in [0.25, 0.3) is 0 Å². The number of ketones is 1. The standard InChI is InChI=1S/C8H15NOS/c1-4-5-9(8(3)11)6-7(2)10/h4-6H2,1-3H3. The molecule has 3 heteroatoms. The molecule has 0 aromatic rings. The lowest BCUT2D eigenvalue weighted by Gasteiger charge is -2.20. The van der Waals surface area contributed by atoms with Crippen LogP contribution in [0.5, 0.6) is 0 Å². The van der Waals surface area contributed by atoms with Crippen molar-refractivity contribution in [3.05, 3.63) is 0 Å². The molecular weight excluding hydrogens is 158 g/mol. The van der Waals surface area contributed by atoms with Crippen LogP contribution in [-0.2, 0) is 4.79 Å². The Morgan fingerprint density at radius 1 is 1.45 bits per heavy atom. The van der Waals surface area contributed by atoms with Crippen LogP contribution in [0.1, 0.15) is 27.2 Å². The van der Waals surface area contributed by atoms with Gasteiger partial charge in [0.1, 0.15) is 5.78 Å². The molecule has 0 aliphatic rings. The molecule has 0 aromatic carbocycles. The van der Waals surface area contributed by atoms with Gasteiger partial charge in [0.15, 0.2) is 0 Å². The van der Waals surface area contributed by atoms with Crippen LogP contribution in [0.3, 0.4) is 0 Å². The average molecular weight is 173 g/mol. The molecule has 11 heavy (non-hydrogen) atoms. The third-order valence-corrected chi connectivity index (χ3v) is 1.61. The predicted octanol–water partition coefficient (Wildman–Crippen LogP) is 1.63. The summed E-state index contributed by atoms with van der Waals surface area (Å²) in [6, 6.07) is 0. The SMILES string of the molecule is CCCN(CC(C)=O)C(C)=S. The molecule has 0 unspecified atom stereocenters. The minimum absolute atomic E-state index is 0.169. The van der Waals surface area contributed by atoms with E-state index in [1.807, 2.05) is 11.8 Å². The summed E-state index contributed by atoms with van der Waals surface area (Å²) in [7, 11) is 0. The zero-order valence-corrected chi connectivity index (χ0v) is 8.20. The van der Waals surface area contributed by atoms with Gasteiger partial charge in [0.2, 0.25) is 0 Å². The molecule has 64 valence electrons. The summed E-state index contributed by atoms with van der Waals surface area (Å²) in [4.78, 5) is 13.5. The molecule has 0 radical (unpaired) electrons. The lowest BCUT2D eigenvalue weighted by atomic mass is 10.3. The van der Waals surface area contributed by atoms with E-state index < -0.39 is 0 Å². The zero-order valence-electron chi connectivity index (χ0n) is 7.39. The van der Waals surface area contributed by atoms with Crippen molar-refractivity contribution < 1.29 is 4.79 Å². The molecule has 0 saturated carbocycles. The maximum Gasteiger partial charge on any atom is 0.149 e. The number of carbonyl (C=O) groups is 1. The van der Waals surface area contributed by atoms with Gasteiger partial charge in [0.25, 0.3) is 0 Å². The molecule has 0 aliphatic carbocycles. The molecule has 2 nitrogen and oxygen atoms in total. The Morgan fingerprint density at radius 2 is 2.00 bits per heavy atom. The number of nitrogens with zero attached hydrogens (tertiary/aromatic N) is 1. The largest absolute Gasteiger partial charge is 0.359 e. The van der Waals surface area contributed by atoms with Crippen molar-refractivity contribution in [2.45, 2.75) is 27.2 Å². The second-order valence-corrected chi connectivity index (χ2v) is 3.23. The van der Waals surface area contributed by atoms with Crippen LogP contribution in [0.2, 0.25) is 0 Å². The molecule has 0 saturated heterocycles.